The molecule has 2 aromatic rings. The number of fused-ring (bicyclic) bond motifs is 1. The van der Waals surface area contributed by atoms with Gasteiger partial charge in [0.25, 0.3) is 5.24 Å². The number of nitrogens with zero attached hydrogens (tertiary/aromatic N) is 1. The van der Waals surface area contributed by atoms with E-state index in [-0.39, 0.29) is 48.5 Å². The van der Waals surface area contributed by atoms with Crippen LogP contribution in [0.5, 0.6) is 0 Å². The Balaban J connectivity index is 1.51. The number of thioether (sulfide) groups is 1. The summed E-state index contributed by atoms with van der Waals surface area (Å²) in [4.78, 5) is 24.8. The number of aliphatic hydroxyl groups is 1. The molecule has 2 aliphatic heterocycles. The molecule has 2 aliphatic rings. The minimum Gasteiger partial charge on any atom is -0.443 e. The van der Waals surface area contributed by atoms with Crippen LogP contribution in [0.4, 0.5) is 15.3 Å². The summed E-state index contributed by atoms with van der Waals surface area (Å²) in [6, 6.07) is 14.5. The predicted molar refractivity (Wildman–Crippen MR) is 181 cm³/mol. The Labute approximate surface area is 282 Å². The van der Waals surface area contributed by atoms with Gasteiger partial charge in [-0.1, -0.05) is 68.4 Å². The second-order valence-corrected chi connectivity index (χ2v) is 15.6. The number of nitrogens with two attached hydrogens (primary N) is 1. The minimum absolute atomic E-state index is 0.0156. The maximum atomic E-state index is 14.1. The van der Waals surface area contributed by atoms with E-state index < -0.39 is 39.8 Å². The van der Waals surface area contributed by atoms with E-state index in [0.29, 0.717) is 25.3 Å². The Morgan fingerprint density at radius 1 is 1.15 bits per heavy atom. The van der Waals surface area contributed by atoms with Gasteiger partial charge in [-0.05, 0) is 61.1 Å². The van der Waals surface area contributed by atoms with Crippen molar-refractivity contribution < 1.29 is 37.3 Å². The number of nitrogen functional groups attached to an aromatic ring is 1. The number of ether oxygens (including phenoxy) is 3. The summed E-state index contributed by atoms with van der Waals surface area (Å²) in [6.45, 7) is 5.06. The first-order valence-electron chi connectivity index (χ1n) is 16.0. The summed E-state index contributed by atoms with van der Waals surface area (Å²) in [6.07, 6.45) is 1.98. The fourth-order valence-corrected chi connectivity index (χ4v) is 7.93. The number of sulfonamides is 1. The number of alkyl carbamates (subject to hydrolysis) is 1. The number of hydrogen-bond donors (Lipinski definition) is 4. The van der Waals surface area contributed by atoms with E-state index in [1.165, 1.54) is 16.4 Å². The van der Waals surface area contributed by atoms with E-state index in [2.05, 4.69) is 10.6 Å². The molecule has 12 nitrogen and oxygen atoms in total. The van der Waals surface area contributed by atoms with Crippen molar-refractivity contribution in [1.82, 2.24) is 14.9 Å². The SMILES string of the molecule is CSC(=O)NCCCCC(C)(C)CN(C[C@@H](O)[C@H](Cc1ccccc1)NC(=O)O[C@H]1CO[C@H]2OCC[C@H]21)S(=O)(=O)c1cccc(N)c1. The van der Waals surface area contributed by atoms with Gasteiger partial charge in [-0.3, -0.25) is 4.79 Å². The molecule has 0 aliphatic carbocycles. The number of nitrogens with one attached hydrogen (secondary N) is 2. The van der Waals surface area contributed by atoms with Crippen LogP contribution in [0.3, 0.4) is 0 Å². The third-order valence-electron chi connectivity index (χ3n) is 8.54. The predicted octanol–water partition coefficient (Wildman–Crippen LogP) is 3.99. The van der Waals surface area contributed by atoms with Crippen molar-refractivity contribution in [2.45, 2.75) is 75.4 Å². The summed E-state index contributed by atoms with van der Waals surface area (Å²) in [5, 5.41) is 17.3. The van der Waals surface area contributed by atoms with Gasteiger partial charge in [0, 0.05) is 25.3 Å². The summed E-state index contributed by atoms with van der Waals surface area (Å²) < 4.78 is 46.3. The quantitative estimate of drug-likeness (QED) is 0.149. The summed E-state index contributed by atoms with van der Waals surface area (Å²) in [5.41, 5.74) is 6.62. The lowest BCUT2D eigenvalue weighted by Gasteiger charge is -2.35. The first kappa shape index (κ1) is 36.9. The van der Waals surface area contributed by atoms with Gasteiger partial charge < -0.3 is 35.7 Å². The van der Waals surface area contributed by atoms with Crippen LogP contribution in [0.15, 0.2) is 59.5 Å². The number of amides is 2. The number of aliphatic hydroxyl groups excluding tert-OH is 1. The van der Waals surface area contributed by atoms with Crippen molar-refractivity contribution in [1.29, 1.82) is 0 Å². The van der Waals surface area contributed by atoms with Gasteiger partial charge in [0.1, 0.15) is 6.10 Å². The monoisotopic (exact) mass is 692 g/mol. The molecular formula is C33H48N4O8S2. The fraction of sp³-hybridized carbons (Fsp3) is 0.576. The van der Waals surface area contributed by atoms with E-state index >= 15 is 0 Å². The van der Waals surface area contributed by atoms with E-state index in [1.54, 1.807) is 18.4 Å². The molecule has 5 N–H and O–H groups in total. The molecule has 0 bridgehead atoms. The lowest BCUT2D eigenvalue weighted by Crippen LogP contribution is -2.52. The van der Waals surface area contributed by atoms with Gasteiger partial charge in [0.15, 0.2) is 6.29 Å². The summed E-state index contributed by atoms with van der Waals surface area (Å²) in [5.74, 6) is -0.0544. The largest absolute Gasteiger partial charge is 0.443 e. The highest BCUT2D eigenvalue weighted by molar-refractivity contribution is 8.12. The van der Waals surface area contributed by atoms with E-state index in [4.69, 9.17) is 19.9 Å². The third kappa shape index (κ3) is 10.8. The van der Waals surface area contributed by atoms with Crippen LogP contribution >= 0.6 is 11.8 Å². The fourth-order valence-electron chi connectivity index (χ4n) is 5.98. The second-order valence-electron chi connectivity index (χ2n) is 12.9. The van der Waals surface area contributed by atoms with E-state index in [9.17, 15) is 23.1 Å². The van der Waals surface area contributed by atoms with Gasteiger partial charge in [0.2, 0.25) is 10.0 Å². The van der Waals surface area contributed by atoms with Crippen molar-refractivity contribution in [3.63, 3.8) is 0 Å². The van der Waals surface area contributed by atoms with Crippen LogP contribution in [0.1, 0.15) is 45.1 Å². The Kier molecular flexibility index (Phi) is 13.3. The van der Waals surface area contributed by atoms with Crippen LogP contribution in [0, 0.1) is 11.3 Å². The van der Waals surface area contributed by atoms with Crippen LogP contribution < -0.4 is 16.4 Å². The van der Waals surface area contributed by atoms with Crippen LogP contribution in [0.25, 0.3) is 0 Å². The number of carbonyl (C=O) groups is 2. The average molecular weight is 693 g/mol. The molecular weight excluding hydrogens is 645 g/mol. The van der Waals surface area contributed by atoms with Crippen molar-refractivity contribution in [3.8, 4) is 0 Å². The molecule has 2 heterocycles. The molecule has 2 aromatic carbocycles. The highest BCUT2D eigenvalue weighted by atomic mass is 32.2. The number of carbonyl (C=O) groups excluding carboxylic acids is 2. The zero-order chi connectivity index (χ0) is 34.0. The van der Waals surface area contributed by atoms with Gasteiger partial charge >= 0.3 is 6.09 Å². The van der Waals surface area contributed by atoms with Crippen LogP contribution in [-0.4, -0.2) is 92.8 Å². The third-order valence-corrected chi connectivity index (χ3v) is 10.9. The molecule has 0 radical (unpaired) electrons. The first-order chi connectivity index (χ1) is 22.4. The molecule has 260 valence electrons. The molecule has 0 unspecified atom stereocenters. The average Bonchev–Trinajstić information content (AvgIpc) is 3.65. The lowest BCUT2D eigenvalue weighted by atomic mass is 9.87. The molecule has 47 heavy (non-hydrogen) atoms. The van der Waals surface area contributed by atoms with Crippen molar-refractivity contribution in [2.75, 3.05) is 44.8 Å². The Morgan fingerprint density at radius 2 is 1.91 bits per heavy atom. The Bertz CT molecular complexity index is 1430. The summed E-state index contributed by atoms with van der Waals surface area (Å²) in [7, 11) is -4.11. The number of anilines is 1. The number of hydrogen-bond acceptors (Lipinski definition) is 10. The summed E-state index contributed by atoms with van der Waals surface area (Å²) >= 11 is 1.12. The zero-order valence-corrected chi connectivity index (χ0v) is 28.9. The van der Waals surface area contributed by atoms with Crippen molar-refractivity contribution in [3.05, 3.63) is 60.2 Å². The van der Waals surface area contributed by atoms with Gasteiger partial charge in [-0.2, -0.15) is 4.31 Å². The minimum atomic E-state index is -4.11. The molecule has 14 heteroatoms. The topological polar surface area (TPSA) is 170 Å². The molecule has 5 atom stereocenters. The smallest absolute Gasteiger partial charge is 0.407 e. The molecule has 2 amide bonds. The molecule has 4 rings (SSSR count). The highest BCUT2D eigenvalue weighted by Gasteiger charge is 2.44. The molecule has 2 saturated heterocycles. The van der Waals surface area contributed by atoms with Crippen molar-refractivity contribution in [2.24, 2.45) is 11.3 Å². The van der Waals surface area contributed by atoms with E-state index in [1.807, 2.05) is 44.2 Å². The maximum absolute atomic E-state index is 14.1. The lowest BCUT2D eigenvalue weighted by molar-refractivity contribution is -0.0907. The number of unbranched alkanes of at least 4 members (excludes halogenated alkanes) is 1. The second kappa shape index (κ2) is 17.0. The molecule has 0 saturated carbocycles. The molecule has 0 spiro atoms. The van der Waals surface area contributed by atoms with Gasteiger partial charge in [-0.15, -0.1) is 0 Å². The standard InChI is InChI=1S/C33H48N4O8S2/c1-33(2,15-7-8-16-35-32(40)46-3)22-37(47(41,42)25-13-9-12-24(34)19-25)20-28(38)27(18-23-10-5-4-6-11-23)36-31(39)45-29-21-44-30-26(29)14-17-43-30/h4-6,9-13,19,26-30,38H,7-8,14-18,20-22,34H2,1-3H3,(H,35,40)(H,36,39)/t26-,27-,28+,29-,30+/m0/s1. The van der Waals surface area contributed by atoms with Gasteiger partial charge in [0.05, 0.1) is 36.2 Å². The highest BCUT2D eigenvalue weighted by Crippen LogP contribution is 2.33. The normalized spacial score (nSPS) is 20.8. The van der Waals surface area contributed by atoms with Crippen LogP contribution in [0.2, 0.25) is 0 Å². The Hall–Kier alpha value is -2.88. The zero-order valence-electron chi connectivity index (χ0n) is 27.3. The molecule has 2 fully saturated rings. The van der Waals surface area contributed by atoms with Gasteiger partial charge in [-0.25, -0.2) is 13.2 Å². The Morgan fingerprint density at radius 3 is 2.64 bits per heavy atom. The van der Waals surface area contributed by atoms with Crippen molar-refractivity contribution >= 4 is 38.8 Å². The number of rotatable bonds is 16. The molecule has 0 aromatic heterocycles. The maximum Gasteiger partial charge on any atom is 0.407 e. The van der Waals surface area contributed by atoms with E-state index in [0.717, 1.165) is 36.6 Å². The van der Waals surface area contributed by atoms with Crippen LogP contribution in [-0.2, 0) is 30.7 Å². The first-order valence-corrected chi connectivity index (χ1v) is 18.6. The number of benzene rings is 2.